The molecule has 0 atom stereocenters. The largest absolute Gasteiger partial charge is 0.370 e. The second kappa shape index (κ2) is 8.97. The summed E-state index contributed by atoms with van der Waals surface area (Å²) in [6, 6.07) is 0. The number of aliphatic imine (C=N–C) groups is 1. The minimum absolute atomic E-state index is 0. The van der Waals surface area contributed by atoms with E-state index in [1.807, 2.05) is 0 Å². The maximum atomic E-state index is 5.84. The van der Waals surface area contributed by atoms with Gasteiger partial charge in [0.2, 0.25) is 0 Å². The van der Waals surface area contributed by atoms with Crippen molar-refractivity contribution in [2.75, 3.05) is 46.3 Å². The number of nitrogens with two attached hydrogens (primary N) is 1. The van der Waals surface area contributed by atoms with Crippen LogP contribution in [0.25, 0.3) is 0 Å². The Morgan fingerprint density at radius 3 is 2.53 bits per heavy atom. The highest BCUT2D eigenvalue weighted by Crippen LogP contribution is 2.00. The molecule has 5 nitrogen and oxygen atoms in total. The van der Waals surface area contributed by atoms with Crippen LogP contribution in [-0.2, 0) is 0 Å². The van der Waals surface area contributed by atoms with E-state index >= 15 is 0 Å². The Bertz CT molecular complexity index is 275. The van der Waals surface area contributed by atoms with Gasteiger partial charge in [0.1, 0.15) is 0 Å². The van der Waals surface area contributed by atoms with Gasteiger partial charge in [-0.05, 0) is 47.3 Å². The molecule has 3 N–H and O–H groups in total. The summed E-state index contributed by atoms with van der Waals surface area (Å²) >= 11 is 0. The molecule has 0 aromatic heterocycles. The van der Waals surface area contributed by atoms with Crippen LogP contribution in [0.4, 0.5) is 0 Å². The van der Waals surface area contributed by atoms with E-state index in [4.69, 9.17) is 5.73 Å². The highest BCUT2D eigenvalue weighted by atomic mass is 127. The van der Waals surface area contributed by atoms with Crippen molar-refractivity contribution in [3.05, 3.63) is 0 Å². The highest BCUT2D eigenvalue weighted by Gasteiger charge is 2.12. The first-order chi connectivity index (χ1) is 8.37. The zero-order chi connectivity index (χ0) is 13.6. The number of hydrogen-bond acceptors (Lipinski definition) is 3. The summed E-state index contributed by atoms with van der Waals surface area (Å²) in [6.07, 6.45) is 1.25. The Labute approximate surface area is 135 Å². The molecule has 1 heterocycles. The van der Waals surface area contributed by atoms with Gasteiger partial charge in [-0.3, -0.25) is 4.99 Å². The van der Waals surface area contributed by atoms with Crippen molar-refractivity contribution in [1.29, 1.82) is 0 Å². The third-order valence-electron chi connectivity index (χ3n) is 3.01. The second-order valence-electron chi connectivity index (χ2n) is 6.14. The number of nitrogens with zero attached hydrogens (tertiary/aromatic N) is 3. The normalized spacial score (nSPS) is 19.7. The molecule has 114 valence electrons. The van der Waals surface area contributed by atoms with Crippen LogP contribution in [0.1, 0.15) is 27.2 Å². The topological polar surface area (TPSA) is 56.9 Å². The third kappa shape index (κ3) is 9.45. The van der Waals surface area contributed by atoms with E-state index in [-0.39, 0.29) is 29.5 Å². The van der Waals surface area contributed by atoms with Crippen molar-refractivity contribution >= 4 is 29.9 Å². The molecule has 0 aromatic carbocycles. The molecule has 0 amide bonds. The molecule has 1 aliphatic rings. The Kier molecular flexibility index (Phi) is 8.93. The number of halogens is 1. The maximum absolute atomic E-state index is 5.84. The average Bonchev–Trinajstić information content (AvgIpc) is 2.41. The molecule has 6 heteroatoms. The van der Waals surface area contributed by atoms with Gasteiger partial charge in [0.05, 0.1) is 6.54 Å². The lowest BCUT2D eigenvalue weighted by molar-refractivity contribution is 0.283. The quantitative estimate of drug-likeness (QED) is 0.433. The smallest absolute Gasteiger partial charge is 0.189 e. The summed E-state index contributed by atoms with van der Waals surface area (Å²) in [4.78, 5) is 9.24. The van der Waals surface area contributed by atoms with Crippen molar-refractivity contribution in [3.8, 4) is 0 Å². The molecule has 0 aliphatic carbocycles. The van der Waals surface area contributed by atoms with Gasteiger partial charge >= 0.3 is 0 Å². The van der Waals surface area contributed by atoms with Gasteiger partial charge in [0.15, 0.2) is 5.96 Å². The molecule has 19 heavy (non-hydrogen) atoms. The summed E-state index contributed by atoms with van der Waals surface area (Å²) < 4.78 is 0. The van der Waals surface area contributed by atoms with Gasteiger partial charge < -0.3 is 20.9 Å². The lowest BCUT2D eigenvalue weighted by Crippen LogP contribution is -2.45. The molecule has 0 bridgehead atoms. The molecular weight excluding hydrogens is 353 g/mol. The lowest BCUT2D eigenvalue weighted by atomic mass is 10.1. The number of guanidine groups is 1. The molecule has 1 rings (SSSR count). The van der Waals surface area contributed by atoms with E-state index in [1.165, 1.54) is 19.5 Å². The third-order valence-corrected chi connectivity index (χ3v) is 3.01. The number of rotatable bonds is 3. The minimum Gasteiger partial charge on any atom is -0.370 e. The van der Waals surface area contributed by atoms with E-state index in [0.29, 0.717) is 5.96 Å². The summed E-state index contributed by atoms with van der Waals surface area (Å²) in [6.45, 7) is 12.7. The standard InChI is InChI=1S/C13H29N5.HI/c1-13(2,3)16-12(14)15-6-9-18-8-5-7-17(4)10-11-18;/h5-11H2,1-4H3,(H3,14,15,16);1H. The van der Waals surface area contributed by atoms with Crippen molar-refractivity contribution in [2.45, 2.75) is 32.7 Å². The van der Waals surface area contributed by atoms with Gasteiger partial charge in [0.25, 0.3) is 0 Å². The second-order valence-corrected chi connectivity index (χ2v) is 6.14. The monoisotopic (exact) mass is 383 g/mol. The van der Waals surface area contributed by atoms with Gasteiger partial charge in [-0.1, -0.05) is 0 Å². The minimum atomic E-state index is -0.0150. The van der Waals surface area contributed by atoms with E-state index < -0.39 is 0 Å². The Morgan fingerprint density at radius 1 is 1.21 bits per heavy atom. The average molecular weight is 383 g/mol. The molecule has 0 unspecified atom stereocenters. The van der Waals surface area contributed by atoms with Crippen molar-refractivity contribution < 1.29 is 0 Å². The zero-order valence-electron chi connectivity index (χ0n) is 12.8. The molecule has 0 radical (unpaired) electrons. The van der Waals surface area contributed by atoms with Crippen molar-refractivity contribution in [2.24, 2.45) is 10.7 Å². The number of hydrogen-bond donors (Lipinski definition) is 2. The number of likely N-dealkylation sites (N-methyl/N-ethyl adjacent to an activating group) is 1. The predicted octanol–water partition coefficient (Wildman–Crippen LogP) is 0.945. The summed E-state index contributed by atoms with van der Waals surface area (Å²) in [5, 5.41) is 3.18. The van der Waals surface area contributed by atoms with Crippen LogP contribution in [0.2, 0.25) is 0 Å². The van der Waals surface area contributed by atoms with E-state index in [1.54, 1.807) is 0 Å². The summed E-state index contributed by atoms with van der Waals surface area (Å²) in [5.74, 6) is 0.550. The SMILES string of the molecule is CN1CCCN(CCN=C(N)NC(C)(C)C)CC1.I. The van der Waals surface area contributed by atoms with Crippen LogP contribution < -0.4 is 11.1 Å². The first-order valence-electron chi connectivity index (χ1n) is 6.86. The van der Waals surface area contributed by atoms with E-state index in [2.05, 4.69) is 47.9 Å². The first kappa shape index (κ1) is 18.9. The van der Waals surface area contributed by atoms with Gasteiger partial charge in [-0.15, -0.1) is 24.0 Å². The predicted molar refractivity (Wildman–Crippen MR) is 93.3 cm³/mol. The maximum Gasteiger partial charge on any atom is 0.189 e. The van der Waals surface area contributed by atoms with Gasteiger partial charge in [-0.25, -0.2) is 0 Å². The molecule has 1 saturated heterocycles. The molecule has 0 saturated carbocycles. The fourth-order valence-electron chi connectivity index (χ4n) is 2.06. The fraction of sp³-hybridized carbons (Fsp3) is 0.923. The van der Waals surface area contributed by atoms with Crippen LogP contribution in [0.3, 0.4) is 0 Å². The molecule has 1 aliphatic heterocycles. The van der Waals surface area contributed by atoms with Crippen LogP contribution in [0, 0.1) is 0 Å². The van der Waals surface area contributed by atoms with E-state index in [9.17, 15) is 0 Å². The van der Waals surface area contributed by atoms with Crippen LogP contribution in [-0.4, -0.2) is 67.6 Å². The zero-order valence-corrected chi connectivity index (χ0v) is 15.1. The van der Waals surface area contributed by atoms with Crippen molar-refractivity contribution in [1.82, 2.24) is 15.1 Å². The summed E-state index contributed by atoms with van der Waals surface area (Å²) in [7, 11) is 2.19. The van der Waals surface area contributed by atoms with Gasteiger partial charge in [-0.2, -0.15) is 0 Å². The molecular formula is C13H30IN5. The Hall–Kier alpha value is -0.0800. The lowest BCUT2D eigenvalue weighted by Gasteiger charge is -2.22. The Morgan fingerprint density at radius 2 is 1.89 bits per heavy atom. The molecule has 1 fully saturated rings. The van der Waals surface area contributed by atoms with E-state index in [0.717, 1.165) is 26.2 Å². The Balaban J connectivity index is 0.00000324. The first-order valence-corrected chi connectivity index (χ1v) is 6.86. The fourth-order valence-corrected chi connectivity index (χ4v) is 2.06. The highest BCUT2D eigenvalue weighted by molar-refractivity contribution is 14.0. The van der Waals surface area contributed by atoms with Gasteiger partial charge in [0, 0.05) is 25.2 Å². The molecule has 0 spiro atoms. The van der Waals surface area contributed by atoms with Crippen LogP contribution in [0.15, 0.2) is 4.99 Å². The molecule has 0 aromatic rings. The summed E-state index contributed by atoms with van der Waals surface area (Å²) in [5.41, 5.74) is 5.83. The van der Waals surface area contributed by atoms with Crippen LogP contribution >= 0.6 is 24.0 Å². The number of nitrogens with one attached hydrogen (secondary N) is 1. The van der Waals surface area contributed by atoms with Crippen molar-refractivity contribution in [3.63, 3.8) is 0 Å². The van der Waals surface area contributed by atoms with Crippen LogP contribution in [0.5, 0.6) is 0 Å².